The molecule has 0 fully saturated rings. The fraction of sp³-hybridized carbons (Fsp3) is 0.0455. The minimum atomic E-state index is -0.244. The van der Waals surface area contributed by atoms with E-state index >= 15 is 0 Å². The van der Waals surface area contributed by atoms with Gasteiger partial charge in [0.25, 0.3) is 0 Å². The third-order valence-electron chi connectivity index (χ3n) is 4.17. The molecular formula is C22H16ClN3O2S. The van der Waals surface area contributed by atoms with Crippen LogP contribution in [-0.4, -0.2) is 26.7 Å². The highest BCUT2D eigenvalue weighted by Gasteiger charge is 2.13. The molecule has 0 unspecified atom stereocenters. The fourth-order valence-corrected chi connectivity index (χ4v) is 3.78. The molecule has 0 aliphatic carbocycles. The molecule has 0 atom stereocenters. The van der Waals surface area contributed by atoms with Gasteiger partial charge < -0.3 is 10.4 Å². The van der Waals surface area contributed by atoms with E-state index in [1.54, 1.807) is 30.3 Å². The molecule has 1 heterocycles. The van der Waals surface area contributed by atoms with E-state index in [4.69, 9.17) is 11.6 Å². The molecule has 3 aromatic carbocycles. The van der Waals surface area contributed by atoms with Gasteiger partial charge in [-0.2, -0.15) is 0 Å². The van der Waals surface area contributed by atoms with E-state index in [1.807, 2.05) is 36.4 Å². The maximum atomic E-state index is 12.4. The number of aromatic hydroxyl groups is 1. The molecule has 0 aliphatic heterocycles. The number of nitrogens with one attached hydrogen (secondary N) is 1. The number of hydrogen-bond donors (Lipinski definition) is 2. The number of rotatable bonds is 5. The second-order valence-electron chi connectivity index (χ2n) is 6.23. The average molecular weight is 422 g/mol. The van der Waals surface area contributed by atoms with E-state index in [0.29, 0.717) is 21.6 Å². The van der Waals surface area contributed by atoms with Gasteiger partial charge in [0, 0.05) is 16.0 Å². The Kier molecular flexibility index (Phi) is 5.64. The van der Waals surface area contributed by atoms with Gasteiger partial charge in [-0.05, 0) is 30.3 Å². The predicted molar refractivity (Wildman–Crippen MR) is 117 cm³/mol. The molecule has 2 N–H and O–H groups in total. The number of halogens is 1. The van der Waals surface area contributed by atoms with Crippen LogP contribution in [0.25, 0.3) is 22.3 Å². The van der Waals surface area contributed by atoms with Gasteiger partial charge in [-0.3, -0.25) is 4.79 Å². The summed E-state index contributed by atoms with van der Waals surface area (Å²) >= 11 is 7.46. The quantitative estimate of drug-likeness (QED) is 0.257. The predicted octanol–water partition coefficient (Wildman–Crippen LogP) is 5.39. The zero-order valence-electron chi connectivity index (χ0n) is 15.2. The van der Waals surface area contributed by atoms with Gasteiger partial charge in [-0.25, -0.2) is 9.97 Å². The number of thioether (sulfide) groups is 1. The number of phenolic OH excluding ortho intramolecular Hbond substituents is 1. The van der Waals surface area contributed by atoms with Crippen molar-refractivity contribution in [2.45, 2.75) is 5.03 Å². The Morgan fingerprint density at radius 1 is 1.00 bits per heavy atom. The summed E-state index contributed by atoms with van der Waals surface area (Å²) in [5.74, 6) is 0.494. The van der Waals surface area contributed by atoms with Crippen LogP contribution in [0.5, 0.6) is 5.75 Å². The smallest absolute Gasteiger partial charge is 0.234 e. The number of hydrogen-bond acceptors (Lipinski definition) is 5. The van der Waals surface area contributed by atoms with Crippen LogP contribution in [0, 0.1) is 0 Å². The number of aromatic nitrogens is 2. The zero-order valence-corrected chi connectivity index (χ0v) is 16.7. The van der Waals surface area contributed by atoms with E-state index in [1.165, 1.54) is 17.8 Å². The Balaban J connectivity index is 1.62. The summed E-state index contributed by atoms with van der Waals surface area (Å²) in [6, 6.07) is 21.7. The summed E-state index contributed by atoms with van der Waals surface area (Å²) in [5, 5.41) is 14.6. The number of carbonyl (C=O) groups is 1. The van der Waals surface area contributed by atoms with Crippen molar-refractivity contribution in [2.24, 2.45) is 0 Å². The van der Waals surface area contributed by atoms with Crippen LogP contribution in [0.1, 0.15) is 0 Å². The number of fused-ring (bicyclic) bond motifs is 1. The van der Waals surface area contributed by atoms with Gasteiger partial charge in [-0.1, -0.05) is 65.8 Å². The summed E-state index contributed by atoms with van der Waals surface area (Å²) in [6.45, 7) is 0. The first-order chi connectivity index (χ1) is 14.1. The summed E-state index contributed by atoms with van der Waals surface area (Å²) in [7, 11) is 0. The third kappa shape index (κ3) is 4.50. The Labute approximate surface area is 176 Å². The van der Waals surface area contributed by atoms with Crippen LogP contribution in [0.4, 0.5) is 5.69 Å². The second-order valence-corrected chi connectivity index (χ2v) is 7.63. The molecule has 0 radical (unpaired) electrons. The molecule has 0 saturated heterocycles. The maximum absolute atomic E-state index is 12.4. The number of nitrogens with zero attached hydrogens (tertiary/aromatic N) is 2. The lowest BCUT2D eigenvalue weighted by atomic mass is 10.2. The Hall–Kier alpha value is -3.09. The molecule has 5 nitrogen and oxygen atoms in total. The lowest BCUT2D eigenvalue weighted by molar-refractivity contribution is -0.113. The van der Waals surface area contributed by atoms with Gasteiger partial charge in [0.05, 0.1) is 17.0 Å². The van der Waals surface area contributed by atoms with Crippen molar-refractivity contribution in [1.82, 2.24) is 9.97 Å². The molecule has 1 aromatic heterocycles. The van der Waals surface area contributed by atoms with Crippen LogP contribution in [-0.2, 0) is 4.79 Å². The molecule has 144 valence electrons. The molecule has 0 spiro atoms. The number of anilines is 1. The Bertz CT molecular complexity index is 1190. The van der Waals surface area contributed by atoms with Gasteiger partial charge in [0.1, 0.15) is 10.8 Å². The van der Waals surface area contributed by atoms with E-state index in [0.717, 1.165) is 16.5 Å². The zero-order chi connectivity index (χ0) is 20.2. The molecule has 4 aromatic rings. The topological polar surface area (TPSA) is 75.1 Å². The molecule has 29 heavy (non-hydrogen) atoms. The van der Waals surface area contributed by atoms with Crippen LogP contribution in [0.3, 0.4) is 0 Å². The second kappa shape index (κ2) is 8.51. The number of phenols is 1. The summed E-state index contributed by atoms with van der Waals surface area (Å²) in [6.07, 6.45) is 0. The lowest BCUT2D eigenvalue weighted by Crippen LogP contribution is -2.14. The van der Waals surface area contributed by atoms with Crippen molar-refractivity contribution >= 4 is 45.9 Å². The van der Waals surface area contributed by atoms with Crippen molar-refractivity contribution in [3.8, 4) is 17.1 Å². The molecule has 4 rings (SSSR count). The van der Waals surface area contributed by atoms with Crippen molar-refractivity contribution in [1.29, 1.82) is 0 Å². The standard InChI is InChI=1S/C22H16ClN3O2S/c23-15-10-11-17-16(12-15)22(26-21(25-17)14-6-2-1-3-7-14)29-13-20(28)24-18-8-4-5-9-19(18)27/h1-12,27H,13H2,(H,24,28). The Morgan fingerprint density at radius 3 is 2.55 bits per heavy atom. The number of carbonyl (C=O) groups excluding carboxylic acids is 1. The van der Waals surface area contributed by atoms with E-state index in [2.05, 4.69) is 15.3 Å². The monoisotopic (exact) mass is 421 g/mol. The van der Waals surface area contributed by atoms with Gasteiger partial charge >= 0.3 is 0 Å². The highest BCUT2D eigenvalue weighted by Crippen LogP contribution is 2.30. The number of para-hydroxylation sites is 2. The molecule has 0 bridgehead atoms. The summed E-state index contributed by atoms with van der Waals surface area (Å²) in [5.41, 5.74) is 2.02. The highest BCUT2D eigenvalue weighted by atomic mass is 35.5. The van der Waals surface area contributed by atoms with Crippen LogP contribution >= 0.6 is 23.4 Å². The number of amides is 1. The van der Waals surface area contributed by atoms with Crippen LogP contribution < -0.4 is 5.32 Å². The van der Waals surface area contributed by atoms with Crippen molar-refractivity contribution in [3.05, 3.63) is 77.8 Å². The first kappa shape index (κ1) is 19.2. The first-order valence-corrected chi connectivity index (χ1v) is 10.2. The van der Waals surface area contributed by atoms with Crippen LogP contribution in [0.2, 0.25) is 5.02 Å². The van der Waals surface area contributed by atoms with Crippen molar-refractivity contribution < 1.29 is 9.90 Å². The average Bonchev–Trinajstić information content (AvgIpc) is 2.74. The first-order valence-electron chi connectivity index (χ1n) is 8.83. The van der Waals surface area contributed by atoms with Gasteiger partial charge in [-0.15, -0.1) is 0 Å². The maximum Gasteiger partial charge on any atom is 0.234 e. The van der Waals surface area contributed by atoms with Crippen molar-refractivity contribution in [3.63, 3.8) is 0 Å². The molecule has 7 heteroatoms. The SMILES string of the molecule is O=C(CSc1nc(-c2ccccc2)nc2ccc(Cl)cc12)Nc1ccccc1O. The third-order valence-corrected chi connectivity index (χ3v) is 5.40. The Morgan fingerprint density at radius 2 is 1.76 bits per heavy atom. The van der Waals surface area contributed by atoms with Crippen LogP contribution in [0.15, 0.2) is 77.8 Å². The van der Waals surface area contributed by atoms with E-state index < -0.39 is 0 Å². The van der Waals surface area contributed by atoms with Gasteiger partial charge in [0.15, 0.2) is 5.82 Å². The molecule has 1 amide bonds. The van der Waals surface area contributed by atoms with Crippen molar-refractivity contribution in [2.75, 3.05) is 11.1 Å². The highest BCUT2D eigenvalue weighted by molar-refractivity contribution is 8.00. The normalized spacial score (nSPS) is 10.8. The van der Waals surface area contributed by atoms with E-state index in [-0.39, 0.29) is 17.4 Å². The van der Waals surface area contributed by atoms with Gasteiger partial charge in [0.2, 0.25) is 5.91 Å². The molecular weight excluding hydrogens is 406 g/mol. The largest absolute Gasteiger partial charge is 0.506 e. The summed E-state index contributed by atoms with van der Waals surface area (Å²) < 4.78 is 0. The lowest BCUT2D eigenvalue weighted by Gasteiger charge is -2.10. The summed E-state index contributed by atoms with van der Waals surface area (Å²) in [4.78, 5) is 21.7. The minimum absolute atomic E-state index is 0.0245. The minimum Gasteiger partial charge on any atom is -0.506 e. The number of benzene rings is 3. The fourth-order valence-electron chi connectivity index (χ4n) is 2.80. The molecule has 0 aliphatic rings. The molecule has 0 saturated carbocycles. The van der Waals surface area contributed by atoms with E-state index in [9.17, 15) is 9.90 Å².